The van der Waals surface area contributed by atoms with Gasteiger partial charge in [0.15, 0.2) is 17.5 Å². The minimum absolute atomic E-state index is 0.146. The summed E-state index contributed by atoms with van der Waals surface area (Å²) in [5, 5.41) is 0.275. The van der Waals surface area contributed by atoms with Crippen LogP contribution in [0.2, 0.25) is 0 Å². The molecule has 17 heavy (non-hydrogen) atoms. The molecular formula is C12H11F3N2. The Balaban J connectivity index is 2.84. The molecule has 5 heteroatoms. The number of halogens is 3. The average molecular weight is 240 g/mol. The second-order valence-corrected chi connectivity index (χ2v) is 3.84. The summed E-state index contributed by atoms with van der Waals surface area (Å²) in [7, 11) is 0. The third-order valence-electron chi connectivity index (χ3n) is 2.57. The normalized spacial score (nSPS) is 11.1. The molecule has 1 aromatic carbocycles. The van der Waals surface area contributed by atoms with Gasteiger partial charge in [-0.3, -0.25) is 0 Å². The fourth-order valence-electron chi connectivity index (χ4n) is 1.84. The molecule has 0 fully saturated rings. The Hall–Kier alpha value is -1.62. The van der Waals surface area contributed by atoms with Crippen molar-refractivity contribution in [3.05, 3.63) is 40.8 Å². The summed E-state index contributed by atoms with van der Waals surface area (Å²) in [4.78, 5) is 3.90. The first-order valence-electron chi connectivity index (χ1n) is 5.18. The molecule has 0 aliphatic carbocycles. The van der Waals surface area contributed by atoms with E-state index in [4.69, 9.17) is 5.73 Å². The van der Waals surface area contributed by atoms with E-state index in [1.165, 1.54) is 0 Å². The van der Waals surface area contributed by atoms with Crippen LogP contribution in [0.1, 0.15) is 11.3 Å². The minimum Gasteiger partial charge on any atom is -0.330 e. The SMILES string of the molecule is Cc1cc(CCN)c2cc(F)c(F)c(F)c2n1. The molecule has 0 atom stereocenters. The van der Waals surface area contributed by atoms with Gasteiger partial charge in [0.05, 0.1) is 0 Å². The van der Waals surface area contributed by atoms with E-state index in [0.29, 0.717) is 24.2 Å². The first kappa shape index (κ1) is 11.9. The van der Waals surface area contributed by atoms with E-state index >= 15 is 0 Å². The van der Waals surface area contributed by atoms with Crippen molar-refractivity contribution < 1.29 is 13.2 Å². The Bertz CT molecular complexity index is 582. The van der Waals surface area contributed by atoms with E-state index < -0.39 is 17.5 Å². The van der Waals surface area contributed by atoms with E-state index in [1.807, 2.05) is 0 Å². The Labute approximate surface area is 96.3 Å². The summed E-state index contributed by atoms with van der Waals surface area (Å²) in [5.74, 6) is -3.95. The summed E-state index contributed by atoms with van der Waals surface area (Å²) in [6.45, 7) is 2.01. The molecule has 1 aromatic heterocycles. The highest BCUT2D eigenvalue weighted by molar-refractivity contribution is 5.83. The fourth-order valence-corrected chi connectivity index (χ4v) is 1.84. The van der Waals surface area contributed by atoms with Crippen LogP contribution in [-0.4, -0.2) is 11.5 Å². The number of hydrogen-bond donors (Lipinski definition) is 1. The van der Waals surface area contributed by atoms with Crippen LogP contribution in [0.5, 0.6) is 0 Å². The van der Waals surface area contributed by atoms with Gasteiger partial charge in [-0.2, -0.15) is 0 Å². The predicted molar refractivity (Wildman–Crippen MR) is 59.1 cm³/mol. The largest absolute Gasteiger partial charge is 0.330 e. The minimum atomic E-state index is -1.49. The molecule has 0 saturated heterocycles. The lowest BCUT2D eigenvalue weighted by molar-refractivity contribution is 0.452. The number of fused-ring (bicyclic) bond motifs is 1. The van der Waals surface area contributed by atoms with Crippen molar-refractivity contribution in [2.75, 3.05) is 6.54 Å². The van der Waals surface area contributed by atoms with Gasteiger partial charge in [0.2, 0.25) is 0 Å². The Morgan fingerprint density at radius 3 is 2.53 bits per heavy atom. The molecule has 0 unspecified atom stereocenters. The fraction of sp³-hybridized carbons (Fsp3) is 0.250. The highest BCUT2D eigenvalue weighted by Crippen LogP contribution is 2.25. The van der Waals surface area contributed by atoms with Crippen LogP contribution in [0.3, 0.4) is 0 Å². The molecule has 2 nitrogen and oxygen atoms in total. The van der Waals surface area contributed by atoms with Crippen LogP contribution < -0.4 is 5.73 Å². The zero-order valence-corrected chi connectivity index (χ0v) is 9.23. The monoisotopic (exact) mass is 240 g/mol. The summed E-state index contributed by atoms with van der Waals surface area (Å²) in [5.41, 5.74) is 6.50. The number of nitrogens with zero attached hydrogens (tertiary/aromatic N) is 1. The van der Waals surface area contributed by atoms with Gasteiger partial charge < -0.3 is 5.73 Å². The van der Waals surface area contributed by atoms with Crippen LogP contribution >= 0.6 is 0 Å². The van der Waals surface area contributed by atoms with Crippen molar-refractivity contribution in [2.24, 2.45) is 5.73 Å². The third kappa shape index (κ3) is 1.98. The van der Waals surface area contributed by atoms with E-state index in [0.717, 1.165) is 6.07 Å². The maximum Gasteiger partial charge on any atom is 0.196 e. The van der Waals surface area contributed by atoms with Crippen molar-refractivity contribution >= 4 is 10.9 Å². The van der Waals surface area contributed by atoms with Crippen LogP contribution in [0.4, 0.5) is 13.2 Å². The molecule has 0 spiro atoms. The van der Waals surface area contributed by atoms with Gasteiger partial charge >= 0.3 is 0 Å². The zero-order chi connectivity index (χ0) is 12.6. The molecule has 0 saturated carbocycles. The maximum absolute atomic E-state index is 13.6. The van der Waals surface area contributed by atoms with Gasteiger partial charge in [-0.15, -0.1) is 0 Å². The third-order valence-corrected chi connectivity index (χ3v) is 2.57. The molecule has 0 amide bonds. The lowest BCUT2D eigenvalue weighted by atomic mass is 10.0. The van der Waals surface area contributed by atoms with Crippen molar-refractivity contribution in [2.45, 2.75) is 13.3 Å². The van der Waals surface area contributed by atoms with Gasteiger partial charge in [0.25, 0.3) is 0 Å². The number of benzene rings is 1. The van der Waals surface area contributed by atoms with Crippen LogP contribution in [0, 0.1) is 24.4 Å². The van der Waals surface area contributed by atoms with Crippen molar-refractivity contribution in [3.63, 3.8) is 0 Å². The Morgan fingerprint density at radius 2 is 1.88 bits per heavy atom. The summed E-state index contributed by atoms with van der Waals surface area (Å²) in [6, 6.07) is 2.66. The van der Waals surface area contributed by atoms with E-state index in [2.05, 4.69) is 4.98 Å². The lowest BCUT2D eigenvalue weighted by Gasteiger charge is -2.08. The Morgan fingerprint density at radius 1 is 1.18 bits per heavy atom. The van der Waals surface area contributed by atoms with E-state index in [1.54, 1.807) is 13.0 Å². The standard InChI is InChI=1S/C12H11F3N2/c1-6-4-7(2-3-16)8-5-9(13)10(14)11(15)12(8)17-6/h4-5H,2-3,16H2,1H3. The Kier molecular flexibility index (Phi) is 3.02. The number of nitrogens with two attached hydrogens (primary N) is 1. The average Bonchev–Trinajstić information content (AvgIpc) is 2.28. The van der Waals surface area contributed by atoms with Crippen LogP contribution in [0.25, 0.3) is 10.9 Å². The second-order valence-electron chi connectivity index (χ2n) is 3.84. The molecule has 0 radical (unpaired) electrons. The predicted octanol–water partition coefficient (Wildman–Crippen LogP) is 2.46. The highest BCUT2D eigenvalue weighted by Gasteiger charge is 2.16. The van der Waals surface area contributed by atoms with Gasteiger partial charge in [0.1, 0.15) is 5.52 Å². The molecule has 0 bridgehead atoms. The molecular weight excluding hydrogens is 229 g/mol. The molecule has 0 aliphatic heterocycles. The molecule has 2 N–H and O–H groups in total. The first-order valence-corrected chi connectivity index (χ1v) is 5.18. The maximum atomic E-state index is 13.6. The quantitative estimate of drug-likeness (QED) is 0.819. The topological polar surface area (TPSA) is 38.9 Å². The number of rotatable bonds is 2. The molecule has 0 aliphatic rings. The zero-order valence-electron chi connectivity index (χ0n) is 9.23. The lowest BCUT2D eigenvalue weighted by Crippen LogP contribution is -2.05. The molecule has 1 heterocycles. The number of hydrogen-bond acceptors (Lipinski definition) is 2. The number of aromatic nitrogens is 1. The number of pyridine rings is 1. The first-order chi connectivity index (χ1) is 8.04. The van der Waals surface area contributed by atoms with Gasteiger partial charge in [0, 0.05) is 11.1 Å². The second kappa shape index (κ2) is 4.33. The van der Waals surface area contributed by atoms with Crippen LogP contribution in [-0.2, 0) is 6.42 Å². The molecule has 2 aromatic rings. The van der Waals surface area contributed by atoms with Crippen LogP contribution in [0.15, 0.2) is 12.1 Å². The van der Waals surface area contributed by atoms with Crippen molar-refractivity contribution in [1.29, 1.82) is 0 Å². The summed E-state index contributed by atoms with van der Waals surface area (Å²) >= 11 is 0. The smallest absolute Gasteiger partial charge is 0.196 e. The van der Waals surface area contributed by atoms with Gasteiger partial charge in [-0.05, 0) is 37.6 Å². The van der Waals surface area contributed by atoms with Gasteiger partial charge in [-0.25, -0.2) is 18.2 Å². The van der Waals surface area contributed by atoms with Crippen molar-refractivity contribution in [1.82, 2.24) is 4.98 Å². The van der Waals surface area contributed by atoms with Crippen molar-refractivity contribution in [3.8, 4) is 0 Å². The highest BCUT2D eigenvalue weighted by atomic mass is 19.2. The van der Waals surface area contributed by atoms with E-state index in [9.17, 15) is 13.2 Å². The summed E-state index contributed by atoms with van der Waals surface area (Å²) in [6.07, 6.45) is 0.463. The molecule has 2 rings (SSSR count). The molecule has 90 valence electrons. The number of aryl methyl sites for hydroxylation is 1. The van der Waals surface area contributed by atoms with Gasteiger partial charge in [-0.1, -0.05) is 0 Å². The summed E-state index contributed by atoms with van der Waals surface area (Å²) < 4.78 is 39.8. The van der Waals surface area contributed by atoms with E-state index in [-0.39, 0.29) is 10.9 Å².